The molecule has 31 heavy (non-hydrogen) atoms. The molecule has 0 radical (unpaired) electrons. The average molecular weight is 439 g/mol. The Morgan fingerprint density at radius 2 is 1.90 bits per heavy atom. The molecule has 1 amide bonds. The minimum absolute atomic E-state index is 0.105. The van der Waals surface area contributed by atoms with Crippen LogP contribution in [0, 0.1) is 0 Å². The number of hydrogen-bond acceptors (Lipinski definition) is 7. The summed E-state index contributed by atoms with van der Waals surface area (Å²) in [7, 11) is 0. The molecule has 3 aromatic rings. The molecule has 0 bridgehead atoms. The van der Waals surface area contributed by atoms with Crippen LogP contribution in [-0.2, 0) is 9.53 Å². The fourth-order valence-corrected chi connectivity index (χ4v) is 3.49. The number of nitrogens with two attached hydrogens (primary N) is 1. The number of nitrogens with zero attached hydrogens (tertiary/aromatic N) is 3. The molecule has 0 unspecified atom stereocenters. The zero-order valence-corrected chi connectivity index (χ0v) is 17.6. The molecule has 1 aromatic heterocycles. The van der Waals surface area contributed by atoms with Gasteiger partial charge >= 0.3 is 0 Å². The van der Waals surface area contributed by atoms with Crippen LogP contribution in [0.2, 0.25) is 5.02 Å². The van der Waals surface area contributed by atoms with Gasteiger partial charge in [0, 0.05) is 36.2 Å². The first kappa shape index (κ1) is 21.0. The third-order valence-electron chi connectivity index (χ3n) is 4.88. The van der Waals surface area contributed by atoms with Crippen LogP contribution < -0.4 is 21.3 Å². The van der Waals surface area contributed by atoms with E-state index in [1.165, 1.54) is 5.69 Å². The van der Waals surface area contributed by atoms with E-state index in [0.29, 0.717) is 22.4 Å². The van der Waals surface area contributed by atoms with Crippen LogP contribution in [0.25, 0.3) is 11.3 Å². The Labute approximate surface area is 185 Å². The monoisotopic (exact) mass is 438 g/mol. The lowest BCUT2D eigenvalue weighted by Crippen LogP contribution is -2.36. The van der Waals surface area contributed by atoms with Crippen molar-refractivity contribution in [2.75, 3.05) is 48.4 Å². The molecule has 1 saturated heterocycles. The van der Waals surface area contributed by atoms with Gasteiger partial charge in [0.1, 0.15) is 0 Å². The maximum atomic E-state index is 11.5. The van der Waals surface area contributed by atoms with Crippen molar-refractivity contribution < 1.29 is 9.53 Å². The molecule has 4 rings (SSSR count). The molecule has 0 spiro atoms. The maximum Gasteiger partial charge on any atom is 0.238 e. The largest absolute Gasteiger partial charge is 0.378 e. The highest BCUT2D eigenvalue weighted by Gasteiger charge is 2.11. The SMILES string of the molecule is NCC(=O)Nc1ccc(-c2ccnc(Nc3ccc(N4CCOCC4)cc3)n2)cc1Cl. The van der Waals surface area contributed by atoms with Crippen molar-refractivity contribution in [1.82, 2.24) is 9.97 Å². The van der Waals surface area contributed by atoms with E-state index in [-0.39, 0.29) is 12.5 Å². The minimum Gasteiger partial charge on any atom is -0.378 e. The van der Waals surface area contributed by atoms with Gasteiger partial charge in [-0.2, -0.15) is 0 Å². The highest BCUT2D eigenvalue weighted by molar-refractivity contribution is 6.34. The first-order valence-electron chi connectivity index (χ1n) is 9.95. The summed E-state index contributed by atoms with van der Waals surface area (Å²) in [4.78, 5) is 22.7. The molecule has 0 saturated carbocycles. The third-order valence-corrected chi connectivity index (χ3v) is 5.19. The van der Waals surface area contributed by atoms with Crippen LogP contribution in [0.5, 0.6) is 0 Å². The highest BCUT2D eigenvalue weighted by atomic mass is 35.5. The summed E-state index contributed by atoms with van der Waals surface area (Å²) in [6, 6.07) is 15.3. The highest BCUT2D eigenvalue weighted by Crippen LogP contribution is 2.28. The summed E-state index contributed by atoms with van der Waals surface area (Å²) < 4.78 is 5.41. The molecule has 9 heteroatoms. The number of halogens is 1. The predicted molar refractivity (Wildman–Crippen MR) is 123 cm³/mol. The van der Waals surface area contributed by atoms with Gasteiger partial charge in [-0.15, -0.1) is 0 Å². The van der Waals surface area contributed by atoms with Gasteiger partial charge in [-0.25, -0.2) is 9.97 Å². The number of hydrogen-bond donors (Lipinski definition) is 3. The number of morpholine rings is 1. The second-order valence-corrected chi connectivity index (χ2v) is 7.39. The normalized spacial score (nSPS) is 13.7. The van der Waals surface area contributed by atoms with Crippen LogP contribution in [0.4, 0.5) is 23.0 Å². The van der Waals surface area contributed by atoms with Crippen molar-refractivity contribution in [2.45, 2.75) is 0 Å². The molecule has 2 aromatic carbocycles. The Morgan fingerprint density at radius 1 is 1.13 bits per heavy atom. The average Bonchev–Trinajstić information content (AvgIpc) is 2.81. The number of aromatic nitrogens is 2. The van der Waals surface area contributed by atoms with Gasteiger partial charge in [0.15, 0.2) is 0 Å². The smallest absolute Gasteiger partial charge is 0.238 e. The summed E-state index contributed by atoms with van der Waals surface area (Å²) in [5, 5.41) is 6.30. The molecule has 0 atom stereocenters. The fourth-order valence-electron chi connectivity index (χ4n) is 3.26. The van der Waals surface area contributed by atoms with Crippen LogP contribution in [0.3, 0.4) is 0 Å². The Balaban J connectivity index is 1.47. The summed E-state index contributed by atoms with van der Waals surface area (Å²) >= 11 is 6.30. The maximum absolute atomic E-state index is 11.5. The van der Waals surface area contributed by atoms with Gasteiger partial charge in [0.25, 0.3) is 0 Å². The van der Waals surface area contributed by atoms with Crippen molar-refractivity contribution in [3.63, 3.8) is 0 Å². The van der Waals surface area contributed by atoms with Gasteiger partial charge in [0.2, 0.25) is 11.9 Å². The lowest BCUT2D eigenvalue weighted by molar-refractivity contribution is -0.114. The topological polar surface area (TPSA) is 105 Å². The summed E-state index contributed by atoms with van der Waals surface area (Å²) in [5.41, 5.74) is 9.42. The Morgan fingerprint density at radius 3 is 2.61 bits per heavy atom. The van der Waals surface area contributed by atoms with Crippen LogP contribution in [0.15, 0.2) is 54.7 Å². The van der Waals surface area contributed by atoms with Crippen LogP contribution in [-0.4, -0.2) is 48.7 Å². The number of nitrogens with one attached hydrogen (secondary N) is 2. The molecular formula is C22H23ClN6O2. The summed E-state index contributed by atoms with van der Waals surface area (Å²) in [5.74, 6) is 0.177. The van der Waals surface area contributed by atoms with E-state index in [2.05, 4.69) is 37.6 Å². The van der Waals surface area contributed by atoms with Gasteiger partial charge in [0.05, 0.1) is 36.2 Å². The first-order valence-corrected chi connectivity index (χ1v) is 10.3. The van der Waals surface area contributed by atoms with Crippen LogP contribution in [0.1, 0.15) is 0 Å². The fraction of sp³-hybridized carbons (Fsp3) is 0.227. The zero-order chi connectivity index (χ0) is 21.6. The van der Waals surface area contributed by atoms with E-state index >= 15 is 0 Å². The van der Waals surface area contributed by atoms with E-state index in [1.807, 2.05) is 18.2 Å². The van der Waals surface area contributed by atoms with Crippen LogP contribution >= 0.6 is 11.6 Å². The number of amides is 1. The Bertz CT molecular complexity index is 1050. The number of rotatable bonds is 6. The third kappa shape index (κ3) is 5.29. The lowest BCUT2D eigenvalue weighted by atomic mass is 10.1. The molecule has 160 valence electrons. The van der Waals surface area contributed by atoms with Gasteiger partial charge in [-0.1, -0.05) is 17.7 Å². The predicted octanol–water partition coefficient (Wildman–Crippen LogP) is 3.27. The number of carbonyl (C=O) groups is 1. The number of ether oxygens (including phenoxy) is 1. The van der Waals surface area contributed by atoms with Gasteiger partial charge in [-0.3, -0.25) is 4.79 Å². The van der Waals surface area contributed by atoms with E-state index in [1.54, 1.807) is 24.4 Å². The zero-order valence-electron chi connectivity index (χ0n) is 16.8. The minimum atomic E-state index is -0.303. The van der Waals surface area contributed by atoms with Crippen molar-refractivity contribution in [1.29, 1.82) is 0 Å². The molecule has 0 aliphatic carbocycles. The number of benzene rings is 2. The standard InChI is InChI=1S/C22H23ClN6O2/c23-18-13-15(1-6-20(18)27-21(30)14-24)19-7-8-25-22(28-19)26-16-2-4-17(5-3-16)29-9-11-31-12-10-29/h1-8,13H,9-12,14,24H2,(H,27,30)(H,25,26,28). The van der Waals surface area contributed by atoms with Gasteiger partial charge < -0.3 is 26.0 Å². The van der Waals surface area contributed by atoms with E-state index in [0.717, 1.165) is 37.6 Å². The van der Waals surface area contributed by atoms with Crippen molar-refractivity contribution in [3.05, 3.63) is 59.8 Å². The molecule has 2 heterocycles. The quantitative estimate of drug-likeness (QED) is 0.542. The molecule has 8 nitrogen and oxygen atoms in total. The Hall–Kier alpha value is -3.20. The second kappa shape index (κ2) is 9.74. The second-order valence-electron chi connectivity index (χ2n) is 6.98. The van der Waals surface area contributed by atoms with Crippen molar-refractivity contribution in [2.24, 2.45) is 5.73 Å². The molecule has 1 aliphatic rings. The van der Waals surface area contributed by atoms with Crippen molar-refractivity contribution in [3.8, 4) is 11.3 Å². The summed E-state index contributed by atoms with van der Waals surface area (Å²) in [6.07, 6.45) is 1.69. The molecule has 4 N–H and O–H groups in total. The van der Waals surface area contributed by atoms with E-state index < -0.39 is 0 Å². The van der Waals surface area contributed by atoms with E-state index in [4.69, 9.17) is 22.1 Å². The lowest BCUT2D eigenvalue weighted by Gasteiger charge is -2.28. The first-order chi connectivity index (χ1) is 15.1. The Kier molecular flexibility index (Phi) is 6.61. The van der Waals surface area contributed by atoms with Gasteiger partial charge in [-0.05, 0) is 42.5 Å². The van der Waals surface area contributed by atoms with E-state index in [9.17, 15) is 4.79 Å². The molecule has 1 fully saturated rings. The molecule has 1 aliphatic heterocycles. The van der Waals surface area contributed by atoms with Crippen molar-refractivity contribution >= 4 is 40.5 Å². The number of carbonyl (C=O) groups excluding carboxylic acids is 1. The molecular weight excluding hydrogens is 416 g/mol. The number of anilines is 4. The summed E-state index contributed by atoms with van der Waals surface area (Å²) in [6.45, 7) is 3.20.